The van der Waals surface area contributed by atoms with E-state index in [1.165, 1.54) is 0 Å². The minimum Gasteiger partial charge on any atom is -0.466 e. The first-order valence-electron chi connectivity index (χ1n) is 5.73. The van der Waals surface area contributed by atoms with Gasteiger partial charge in [-0.1, -0.05) is 23.2 Å². The summed E-state index contributed by atoms with van der Waals surface area (Å²) in [6, 6.07) is 3.62. The van der Waals surface area contributed by atoms with Crippen LogP contribution in [0.1, 0.15) is 18.9 Å². The molecule has 3 nitrogen and oxygen atoms in total. The summed E-state index contributed by atoms with van der Waals surface area (Å²) in [5.74, 6) is -0.204. The maximum atomic E-state index is 11.3. The number of esters is 1. The highest BCUT2D eigenvalue weighted by Gasteiger charge is 2.12. The van der Waals surface area contributed by atoms with Crippen molar-refractivity contribution in [1.82, 2.24) is 4.98 Å². The highest BCUT2D eigenvalue weighted by molar-refractivity contribution is 6.45. The van der Waals surface area contributed by atoms with Crippen LogP contribution in [0.3, 0.4) is 0 Å². The van der Waals surface area contributed by atoms with Gasteiger partial charge in [-0.25, -0.2) is 0 Å². The standard InChI is InChI=1S/C13H13Cl2NO2/c1-2-18-11(17)6-3-8-7-16-10-5-4-9(14)13(15)12(8)10/h4-5,7,16H,2-3,6H2,1H3. The number of benzene rings is 1. The Hall–Kier alpha value is -1.19. The Kier molecular flexibility index (Phi) is 4.15. The highest BCUT2D eigenvalue weighted by atomic mass is 35.5. The van der Waals surface area contributed by atoms with Crippen LogP contribution in [0.4, 0.5) is 0 Å². The molecule has 0 saturated heterocycles. The van der Waals surface area contributed by atoms with Gasteiger partial charge in [-0.15, -0.1) is 0 Å². The smallest absolute Gasteiger partial charge is 0.306 e. The number of hydrogen-bond acceptors (Lipinski definition) is 2. The van der Waals surface area contributed by atoms with E-state index in [0.717, 1.165) is 16.5 Å². The average molecular weight is 286 g/mol. The first kappa shape index (κ1) is 13.2. The molecule has 1 aromatic carbocycles. The molecule has 0 atom stereocenters. The van der Waals surface area contributed by atoms with Gasteiger partial charge >= 0.3 is 5.97 Å². The minimum absolute atomic E-state index is 0.204. The molecule has 5 heteroatoms. The molecule has 0 aliphatic heterocycles. The fourth-order valence-corrected chi connectivity index (χ4v) is 2.33. The lowest BCUT2D eigenvalue weighted by atomic mass is 10.1. The predicted molar refractivity (Wildman–Crippen MR) is 73.3 cm³/mol. The van der Waals surface area contributed by atoms with E-state index in [4.69, 9.17) is 27.9 Å². The van der Waals surface area contributed by atoms with E-state index in [2.05, 4.69) is 4.98 Å². The molecule has 0 saturated carbocycles. The van der Waals surface area contributed by atoms with Gasteiger partial charge in [0.1, 0.15) is 0 Å². The van der Waals surface area contributed by atoms with Crippen molar-refractivity contribution < 1.29 is 9.53 Å². The lowest BCUT2D eigenvalue weighted by Crippen LogP contribution is -2.04. The van der Waals surface area contributed by atoms with E-state index < -0.39 is 0 Å². The summed E-state index contributed by atoms with van der Waals surface area (Å²) in [6.45, 7) is 2.19. The summed E-state index contributed by atoms with van der Waals surface area (Å²) >= 11 is 12.2. The Morgan fingerprint density at radius 1 is 1.39 bits per heavy atom. The zero-order valence-corrected chi connectivity index (χ0v) is 11.4. The SMILES string of the molecule is CCOC(=O)CCc1c[nH]c2ccc(Cl)c(Cl)c12. The van der Waals surface area contributed by atoms with Crippen molar-refractivity contribution in [3.63, 3.8) is 0 Å². The van der Waals surface area contributed by atoms with Crippen molar-refractivity contribution in [1.29, 1.82) is 0 Å². The lowest BCUT2D eigenvalue weighted by Gasteiger charge is -2.03. The number of H-pyrrole nitrogens is 1. The van der Waals surface area contributed by atoms with Crippen LogP contribution in [0.2, 0.25) is 10.0 Å². The Balaban J connectivity index is 2.24. The number of ether oxygens (including phenoxy) is 1. The second-order valence-electron chi connectivity index (χ2n) is 3.90. The Morgan fingerprint density at radius 3 is 2.89 bits per heavy atom. The molecule has 0 radical (unpaired) electrons. The van der Waals surface area contributed by atoms with Crippen LogP contribution >= 0.6 is 23.2 Å². The molecular weight excluding hydrogens is 273 g/mol. The molecule has 1 N–H and O–H groups in total. The van der Waals surface area contributed by atoms with Gasteiger partial charge in [0.25, 0.3) is 0 Å². The van der Waals surface area contributed by atoms with Gasteiger partial charge in [0, 0.05) is 23.5 Å². The molecule has 0 amide bonds. The minimum atomic E-state index is -0.204. The van der Waals surface area contributed by atoms with Crippen LogP contribution in [-0.2, 0) is 16.0 Å². The van der Waals surface area contributed by atoms with E-state index in [9.17, 15) is 4.79 Å². The number of aryl methyl sites for hydroxylation is 1. The van der Waals surface area contributed by atoms with Gasteiger partial charge < -0.3 is 9.72 Å². The van der Waals surface area contributed by atoms with E-state index >= 15 is 0 Å². The van der Waals surface area contributed by atoms with Crippen molar-refractivity contribution >= 4 is 40.1 Å². The van der Waals surface area contributed by atoms with Crippen molar-refractivity contribution in [2.24, 2.45) is 0 Å². The zero-order chi connectivity index (χ0) is 13.1. The van der Waals surface area contributed by atoms with Crippen molar-refractivity contribution in [2.75, 3.05) is 6.61 Å². The fraction of sp³-hybridized carbons (Fsp3) is 0.308. The van der Waals surface area contributed by atoms with Crippen molar-refractivity contribution in [3.05, 3.63) is 33.9 Å². The molecule has 1 heterocycles. The molecular formula is C13H13Cl2NO2. The van der Waals surface area contributed by atoms with Gasteiger partial charge in [0.2, 0.25) is 0 Å². The first-order valence-corrected chi connectivity index (χ1v) is 6.48. The summed E-state index contributed by atoms with van der Waals surface area (Å²) in [5.41, 5.74) is 1.90. The van der Waals surface area contributed by atoms with Gasteiger partial charge in [0.15, 0.2) is 0 Å². The normalized spacial score (nSPS) is 10.8. The Labute approximate surface area is 115 Å². The number of carbonyl (C=O) groups is 1. The topological polar surface area (TPSA) is 42.1 Å². The third-order valence-electron chi connectivity index (χ3n) is 2.72. The number of halogens is 2. The fourth-order valence-electron chi connectivity index (χ4n) is 1.89. The molecule has 96 valence electrons. The number of aromatic nitrogens is 1. The lowest BCUT2D eigenvalue weighted by molar-refractivity contribution is -0.143. The number of aromatic amines is 1. The van der Waals surface area contributed by atoms with Crippen LogP contribution < -0.4 is 0 Å². The molecule has 0 fully saturated rings. The monoisotopic (exact) mass is 285 g/mol. The molecule has 0 bridgehead atoms. The second-order valence-corrected chi connectivity index (χ2v) is 4.69. The second kappa shape index (κ2) is 5.63. The van der Waals surface area contributed by atoms with E-state index in [1.807, 2.05) is 12.3 Å². The molecule has 1 aromatic heterocycles. The first-order chi connectivity index (χ1) is 8.63. The molecule has 0 aliphatic rings. The molecule has 2 rings (SSSR count). The van der Waals surface area contributed by atoms with Crippen LogP contribution in [-0.4, -0.2) is 17.6 Å². The number of rotatable bonds is 4. The Bertz CT molecular complexity index is 578. The van der Waals surface area contributed by atoms with E-state index in [1.54, 1.807) is 13.0 Å². The largest absolute Gasteiger partial charge is 0.466 e. The van der Waals surface area contributed by atoms with Crippen molar-refractivity contribution in [2.45, 2.75) is 19.8 Å². The third kappa shape index (κ3) is 2.62. The van der Waals surface area contributed by atoms with Crippen LogP contribution in [0, 0.1) is 0 Å². The van der Waals surface area contributed by atoms with Gasteiger partial charge in [-0.3, -0.25) is 4.79 Å². The van der Waals surface area contributed by atoms with Crippen molar-refractivity contribution in [3.8, 4) is 0 Å². The number of carbonyl (C=O) groups excluding carboxylic acids is 1. The quantitative estimate of drug-likeness (QED) is 0.864. The Morgan fingerprint density at radius 2 is 2.17 bits per heavy atom. The summed E-state index contributed by atoms with van der Waals surface area (Å²) in [6.07, 6.45) is 2.77. The van der Waals surface area contributed by atoms with Crippen LogP contribution in [0.15, 0.2) is 18.3 Å². The van der Waals surface area contributed by atoms with Crippen LogP contribution in [0.5, 0.6) is 0 Å². The maximum Gasteiger partial charge on any atom is 0.306 e. The predicted octanol–water partition coefficient (Wildman–Crippen LogP) is 3.97. The molecule has 18 heavy (non-hydrogen) atoms. The summed E-state index contributed by atoms with van der Waals surface area (Å²) in [4.78, 5) is 14.5. The molecule has 0 spiro atoms. The third-order valence-corrected chi connectivity index (χ3v) is 3.53. The zero-order valence-electron chi connectivity index (χ0n) is 9.93. The summed E-state index contributed by atoms with van der Waals surface area (Å²) in [7, 11) is 0. The maximum absolute atomic E-state index is 11.3. The van der Waals surface area contributed by atoms with E-state index in [0.29, 0.717) is 29.5 Å². The molecule has 0 unspecified atom stereocenters. The van der Waals surface area contributed by atoms with Gasteiger partial charge in [-0.2, -0.15) is 0 Å². The van der Waals surface area contributed by atoms with Gasteiger partial charge in [0.05, 0.1) is 16.7 Å². The average Bonchev–Trinajstić information content (AvgIpc) is 2.75. The summed E-state index contributed by atoms with van der Waals surface area (Å²) in [5, 5.41) is 1.92. The summed E-state index contributed by atoms with van der Waals surface area (Å²) < 4.78 is 4.90. The van der Waals surface area contributed by atoms with E-state index in [-0.39, 0.29) is 5.97 Å². The van der Waals surface area contributed by atoms with Crippen LogP contribution in [0.25, 0.3) is 10.9 Å². The highest BCUT2D eigenvalue weighted by Crippen LogP contribution is 2.33. The number of fused-ring (bicyclic) bond motifs is 1. The molecule has 2 aromatic rings. The van der Waals surface area contributed by atoms with Gasteiger partial charge in [-0.05, 0) is 31.0 Å². The molecule has 0 aliphatic carbocycles. The number of nitrogens with one attached hydrogen (secondary N) is 1. The number of hydrogen-bond donors (Lipinski definition) is 1.